The largest absolute Gasteiger partial charge is 0.497 e. The van der Waals surface area contributed by atoms with Crippen molar-refractivity contribution >= 4 is 5.97 Å². The van der Waals surface area contributed by atoms with Gasteiger partial charge >= 0.3 is 5.97 Å². The molecule has 1 heterocycles. The van der Waals surface area contributed by atoms with Gasteiger partial charge in [0, 0.05) is 11.1 Å². The molecule has 1 N–H and O–H groups in total. The van der Waals surface area contributed by atoms with E-state index in [0.717, 1.165) is 11.1 Å². The van der Waals surface area contributed by atoms with Crippen LogP contribution in [0.2, 0.25) is 0 Å². The van der Waals surface area contributed by atoms with Crippen LogP contribution in [0.4, 0.5) is 0 Å². The summed E-state index contributed by atoms with van der Waals surface area (Å²) in [4.78, 5) is 19.7. The molecule has 0 atom stereocenters. The Bertz CT molecular complexity index is 825. The lowest BCUT2D eigenvalue weighted by molar-refractivity contribution is 0.0595. The molecule has 116 valence electrons. The lowest BCUT2D eigenvalue weighted by Crippen LogP contribution is -2.03. The van der Waals surface area contributed by atoms with E-state index < -0.39 is 5.97 Å². The average molecular weight is 308 g/mol. The van der Waals surface area contributed by atoms with E-state index in [1.807, 2.05) is 54.6 Å². The van der Waals surface area contributed by atoms with E-state index in [4.69, 9.17) is 9.47 Å². The Kier molecular flexibility index (Phi) is 4.10. The normalized spacial score (nSPS) is 10.3. The molecule has 23 heavy (non-hydrogen) atoms. The number of methoxy groups -OCH3 is 2. The number of esters is 1. The molecule has 5 nitrogen and oxygen atoms in total. The zero-order valence-corrected chi connectivity index (χ0v) is 12.9. The van der Waals surface area contributed by atoms with E-state index in [1.54, 1.807) is 7.11 Å². The van der Waals surface area contributed by atoms with Crippen LogP contribution in [-0.4, -0.2) is 30.2 Å². The number of nitrogens with one attached hydrogen (secondary N) is 1. The minimum absolute atomic E-state index is 0.250. The SMILES string of the molecule is COC(=O)c1nc(-c2ccccc2)[nH]c1-c1cccc(OC)c1. The van der Waals surface area contributed by atoms with Crippen LogP contribution in [0.5, 0.6) is 5.75 Å². The first-order chi connectivity index (χ1) is 11.2. The van der Waals surface area contributed by atoms with E-state index in [0.29, 0.717) is 17.3 Å². The van der Waals surface area contributed by atoms with Crippen molar-refractivity contribution in [3.8, 4) is 28.4 Å². The van der Waals surface area contributed by atoms with Crippen molar-refractivity contribution in [1.29, 1.82) is 0 Å². The molecule has 0 aliphatic heterocycles. The van der Waals surface area contributed by atoms with E-state index >= 15 is 0 Å². The predicted molar refractivity (Wildman–Crippen MR) is 87.4 cm³/mol. The number of carbonyl (C=O) groups excluding carboxylic acids is 1. The maximum Gasteiger partial charge on any atom is 0.358 e. The quantitative estimate of drug-likeness (QED) is 0.749. The van der Waals surface area contributed by atoms with Gasteiger partial charge in [0.15, 0.2) is 5.69 Å². The van der Waals surface area contributed by atoms with Gasteiger partial charge in [-0.1, -0.05) is 42.5 Å². The molecule has 3 rings (SSSR count). The molecule has 0 amide bonds. The molecule has 0 aliphatic carbocycles. The topological polar surface area (TPSA) is 64.2 Å². The fourth-order valence-electron chi connectivity index (χ4n) is 2.34. The summed E-state index contributed by atoms with van der Waals surface area (Å²) in [5.74, 6) is 0.833. The number of hydrogen-bond acceptors (Lipinski definition) is 4. The lowest BCUT2D eigenvalue weighted by atomic mass is 10.1. The minimum Gasteiger partial charge on any atom is -0.497 e. The Morgan fingerprint density at radius 2 is 1.74 bits per heavy atom. The first kappa shape index (κ1) is 14.8. The Labute approximate surface area is 133 Å². The van der Waals surface area contributed by atoms with E-state index in [-0.39, 0.29) is 5.69 Å². The summed E-state index contributed by atoms with van der Waals surface area (Å²) in [7, 11) is 2.94. The molecule has 0 aliphatic rings. The maximum absolute atomic E-state index is 12.1. The van der Waals surface area contributed by atoms with Gasteiger partial charge in [0.25, 0.3) is 0 Å². The van der Waals surface area contributed by atoms with Crippen molar-refractivity contribution < 1.29 is 14.3 Å². The summed E-state index contributed by atoms with van der Waals surface area (Å²) in [5, 5.41) is 0. The number of rotatable bonds is 4. The second-order valence-corrected chi connectivity index (χ2v) is 4.90. The Hall–Kier alpha value is -3.08. The highest BCUT2D eigenvalue weighted by Gasteiger charge is 2.20. The molecule has 0 unspecified atom stereocenters. The van der Waals surface area contributed by atoms with Gasteiger partial charge in [-0.25, -0.2) is 9.78 Å². The molecular formula is C18H16N2O3. The lowest BCUT2D eigenvalue weighted by Gasteiger charge is -2.04. The van der Waals surface area contributed by atoms with Gasteiger partial charge in [0.1, 0.15) is 11.6 Å². The molecule has 1 aromatic heterocycles. The Balaban J connectivity index is 2.14. The first-order valence-corrected chi connectivity index (χ1v) is 7.11. The third-order valence-corrected chi connectivity index (χ3v) is 3.49. The van der Waals surface area contributed by atoms with Gasteiger partial charge in [-0.15, -0.1) is 0 Å². The third-order valence-electron chi connectivity index (χ3n) is 3.49. The average Bonchev–Trinajstić information content (AvgIpc) is 3.07. The Morgan fingerprint density at radius 1 is 1.00 bits per heavy atom. The predicted octanol–water partition coefficient (Wildman–Crippen LogP) is 3.54. The van der Waals surface area contributed by atoms with Crippen LogP contribution in [-0.2, 0) is 4.74 Å². The fraction of sp³-hybridized carbons (Fsp3) is 0.111. The van der Waals surface area contributed by atoms with E-state index in [2.05, 4.69) is 9.97 Å². The number of H-pyrrole nitrogens is 1. The molecule has 0 radical (unpaired) electrons. The van der Waals surface area contributed by atoms with E-state index in [1.165, 1.54) is 7.11 Å². The summed E-state index contributed by atoms with van der Waals surface area (Å²) in [6.45, 7) is 0. The summed E-state index contributed by atoms with van der Waals surface area (Å²) >= 11 is 0. The number of imidazole rings is 1. The monoisotopic (exact) mass is 308 g/mol. The number of aromatic amines is 1. The zero-order valence-electron chi connectivity index (χ0n) is 12.9. The number of hydrogen-bond donors (Lipinski definition) is 1. The number of nitrogens with zero attached hydrogens (tertiary/aromatic N) is 1. The van der Waals surface area contributed by atoms with Gasteiger partial charge in [-0.3, -0.25) is 0 Å². The molecule has 0 saturated carbocycles. The van der Waals surface area contributed by atoms with Crippen molar-refractivity contribution in [1.82, 2.24) is 9.97 Å². The summed E-state index contributed by atoms with van der Waals surface area (Å²) < 4.78 is 10.1. The first-order valence-electron chi connectivity index (χ1n) is 7.11. The number of benzene rings is 2. The van der Waals surface area contributed by atoms with Gasteiger partial charge in [0.2, 0.25) is 0 Å². The van der Waals surface area contributed by atoms with Crippen LogP contribution >= 0.6 is 0 Å². The van der Waals surface area contributed by atoms with Crippen LogP contribution in [0.1, 0.15) is 10.5 Å². The van der Waals surface area contributed by atoms with Gasteiger partial charge < -0.3 is 14.5 Å². The highest BCUT2D eigenvalue weighted by Crippen LogP contribution is 2.28. The fourth-order valence-corrected chi connectivity index (χ4v) is 2.34. The molecule has 0 spiro atoms. The molecule has 0 fully saturated rings. The second kappa shape index (κ2) is 6.36. The van der Waals surface area contributed by atoms with Crippen molar-refractivity contribution in [2.75, 3.05) is 14.2 Å². The number of ether oxygens (including phenoxy) is 2. The van der Waals surface area contributed by atoms with Gasteiger partial charge in [-0.2, -0.15) is 0 Å². The van der Waals surface area contributed by atoms with Crippen LogP contribution < -0.4 is 4.74 Å². The standard InChI is InChI=1S/C18H16N2O3/c1-22-14-10-6-9-13(11-14)15-16(18(21)23-2)20-17(19-15)12-7-4-3-5-8-12/h3-11H,1-2H3,(H,19,20). The molecule has 0 bridgehead atoms. The minimum atomic E-state index is -0.485. The smallest absolute Gasteiger partial charge is 0.358 e. The van der Waals surface area contributed by atoms with Gasteiger partial charge in [0.05, 0.1) is 19.9 Å². The molecular weight excluding hydrogens is 292 g/mol. The molecule has 2 aromatic carbocycles. The molecule has 3 aromatic rings. The van der Waals surface area contributed by atoms with Crippen molar-refractivity contribution in [3.63, 3.8) is 0 Å². The third kappa shape index (κ3) is 2.94. The second-order valence-electron chi connectivity index (χ2n) is 4.90. The molecule has 5 heteroatoms. The highest BCUT2D eigenvalue weighted by molar-refractivity contribution is 5.95. The van der Waals surface area contributed by atoms with Crippen LogP contribution in [0.15, 0.2) is 54.6 Å². The zero-order chi connectivity index (χ0) is 16.2. The highest BCUT2D eigenvalue weighted by atomic mass is 16.5. The molecule has 0 saturated heterocycles. The van der Waals surface area contributed by atoms with Crippen molar-refractivity contribution in [2.24, 2.45) is 0 Å². The van der Waals surface area contributed by atoms with E-state index in [9.17, 15) is 4.79 Å². The summed E-state index contributed by atoms with van der Waals surface area (Å²) in [6, 6.07) is 17.0. The number of carbonyl (C=O) groups is 1. The van der Waals surface area contributed by atoms with Crippen LogP contribution in [0.25, 0.3) is 22.6 Å². The van der Waals surface area contributed by atoms with Crippen LogP contribution in [0.3, 0.4) is 0 Å². The number of aromatic nitrogens is 2. The maximum atomic E-state index is 12.1. The Morgan fingerprint density at radius 3 is 2.43 bits per heavy atom. The van der Waals surface area contributed by atoms with Gasteiger partial charge in [-0.05, 0) is 12.1 Å². The van der Waals surface area contributed by atoms with Crippen molar-refractivity contribution in [3.05, 3.63) is 60.3 Å². The summed E-state index contributed by atoms with van der Waals surface area (Å²) in [6.07, 6.45) is 0. The summed E-state index contributed by atoms with van der Waals surface area (Å²) in [5.41, 5.74) is 2.56. The van der Waals surface area contributed by atoms with Crippen molar-refractivity contribution in [2.45, 2.75) is 0 Å². The van der Waals surface area contributed by atoms with Crippen LogP contribution in [0, 0.1) is 0 Å².